The lowest BCUT2D eigenvalue weighted by atomic mass is 9.84. The van der Waals surface area contributed by atoms with Crippen LogP contribution >= 0.6 is 0 Å². The number of amides is 2. The summed E-state index contributed by atoms with van der Waals surface area (Å²) in [5.41, 5.74) is 0. The third kappa shape index (κ3) is 2.68. The van der Waals surface area contributed by atoms with Crippen molar-refractivity contribution >= 4 is 11.8 Å². The second-order valence-electron chi connectivity index (χ2n) is 6.08. The van der Waals surface area contributed by atoms with Gasteiger partial charge in [0.25, 0.3) is 0 Å². The average molecular weight is 252 g/mol. The first-order chi connectivity index (χ1) is 8.49. The Bertz CT molecular complexity index is 341. The van der Waals surface area contributed by atoms with E-state index in [0.29, 0.717) is 24.3 Å². The fourth-order valence-electron chi connectivity index (χ4n) is 2.88. The van der Waals surface area contributed by atoms with Crippen molar-refractivity contribution in [2.45, 2.75) is 46.1 Å². The number of hydrogen-bond acceptors (Lipinski definition) is 2. The van der Waals surface area contributed by atoms with E-state index in [1.165, 1.54) is 0 Å². The maximum atomic E-state index is 12.3. The fourth-order valence-corrected chi connectivity index (χ4v) is 2.88. The lowest BCUT2D eigenvalue weighted by Crippen LogP contribution is -2.55. The van der Waals surface area contributed by atoms with Crippen LogP contribution in [-0.4, -0.2) is 35.8 Å². The van der Waals surface area contributed by atoms with E-state index >= 15 is 0 Å². The summed E-state index contributed by atoms with van der Waals surface area (Å²) >= 11 is 0. The van der Waals surface area contributed by atoms with E-state index in [9.17, 15) is 9.59 Å². The van der Waals surface area contributed by atoms with Gasteiger partial charge in [-0.05, 0) is 24.7 Å². The normalized spacial score (nSPS) is 29.8. The van der Waals surface area contributed by atoms with Crippen LogP contribution in [0.4, 0.5) is 0 Å². The third-order valence-corrected chi connectivity index (χ3v) is 4.52. The number of carbonyl (C=O) groups is 2. The first-order valence-electron chi connectivity index (χ1n) is 7.07. The molecule has 0 spiro atoms. The highest BCUT2D eigenvalue weighted by molar-refractivity contribution is 5.79. The Kier molecular flexibility index (Phi) is 3.93. The number of nitrogens with zero attached hydrogens (tertiary/aromatic N) is 1. The average Bonchev–Trinajstić information content (AvgIpc) is 2.36. The Morgan fingerprint density at radius 1 is 1.33 bits per heavy atom. The van der Waals surface area contributed by atoms with Gasteiger partial charge in [0.05, 0.1) is 0 Å². The standard InChI is InChI=1S/C14H24N2O2/c1-9(2)10(3)14(18)16-7-6-12-11(8-16)4-5-13(17)15-12/h9-12H,4-8H2,1-3H3,(H,15,17). The van der Waals surface area contributed by atoms with Gasteiger partial charge in [-0.1, -0.05) is 20.8 Å². The summed E-state index contributed by atoms with van der Waals surface area (Å²) in [4.78, 5) is 25.7. The summed E-state index contributed by atoms with van der Waals surface area (Å²) < 4.78 is 0. The molecule has 4 heteroatoms. The largest absolute Gasteiger partial charge is 0.353 e. The molecule has 2 rings (SSSR count). The smallest absolute Gasteiger partial charge is 0.225 e. The van der Waals surface area contributed by atoms with Crippen molar-refractivity contribution in [1.82, 2.24) is 10.2 Å². The lowest BCUT2D eigenvalue weighted by Gasteiger charge is -2.42. The molecule has 4 nitrogen and oxygen atoms in total. The molecule has 2 aliphatic heterocycles. The van der Waals surface area contributed by atoms with Crippen LogP contribution in [0.25, 0.3) is 0 Å². The minimum Gasteiger partial charge on any atom is -0.353 e. The van der Waals surface area contributed by atoms with E-state index in [2.05, 4.69) is 19.2 Å². The minimum absolute atomic E-state index is 0.0970. The Morgan fingerprint density at radius 3 is 2.72 bits per heavy atom. The van der Waals surface area contributed by atoms with Crippen LogP contribution in [0.5, 0.6) is 0 Å². The molecule has 0 aromatic carbocycles. The van der Waals surface area contributed by atoms with Crippen LogP contribution in [0.1, 0.15) is 40.0 Å². The Hall–Kier alpha value is -1.06. The van der Waals surface area contributed by atoms with E-state index in [-0.39, 0.29) is 17.7 Å². The van der Waals surface area contributed by atoms with E-state index < -0.39 is 0 Å². The number of fused-ring (bicyclic) bond motifs is 1. The fraction of sp³-hybridized carbons (Fsp3) is 0.857. The summed E-state index contributed by atoms with van der Waals surface area (Å²) in [5, 5.41) is 3.05. The van der Waals surface area contributed by atoms with Gasteiger partial charge >= 0.3 is 0 Å². The molecule has 18 heavy (non-hydrogen) atoms. The number of carbonyl (C=O) groups excluding carboxylic acids is 2. The Balaban J connectivity index is 1.95. The highest BCUT2D eigenvalue weighted by Crippen LogP contribution is 2.27. The maximum absolute atomic E-state index is 12.3. The molecule has 2 fully saturated rings. The first-order valence-corrected chi connectivity index (χ1v) is 7.07. The van der Waals surface area contributed by atoms with Crippen molar-refractivity contribution in [3.05, 3.63) is 0 Å². The molecule has 0 bridgehead atoms. The van der Waals surface area contributed by atoms with E-state index in [4.69, 9.17) is 0 Å². The third-order valence-electron chi connectivity index (χ3n) is 4.52. The molecular formula is C14H24N2O2. The second kappa shape index (κ2) is 5.29. The zero-order valence-electron chi connectivity index (χ0n) is 11.6. The van der Waals surface area contributed by atoms with Gasteiger partial charge in [0.2, 0.25) is 11.8 Å². The van der Waals surface area contributed by atoms with Gasteiger partial charge < -0.3 is 10.2 Å². The Labute approximate surface area is 109 Å². The SMILES string of the molecule is CC(C)C(C)C(=O)N1CCC2NC(=O)CCC2C1. The van der Waals surface area contributed by atoms with Gasteiger partial charge in [-0.2, -0.15) is 0 Å². The van der Waals surface area contributed by atoms with Gasteiger partial charge in [-0.25, -0.2) is 0 Å². The highest BCUT2D eigenvalue weighted by Gasteiger charge is 2.36. The minimum atomic E-state index is 0.0970. The van der Waals surface area contributed by atoms with Crippen LogP contribution in [0.2, 0.25) is 0 Å². The number of piperidine rings is 2. The first kappa shape index (κ1) is 13.4. The summed E-state index contributed by atoms with van der Waals surface area (Å²) in [5.74, 6) is 1.40. The van der Waals surface area contributed by atoms with Crippen LogP contribution in [0.15, 0.2) is 0 Å². The quantitative estimate of drug-likeness (QED) is 0.807. The number of rotatable bonds is 2. The number of likely N-dealkylation sites (tertiary alicyclic amines) is 1. The van der Waals surface area contributed by atoms with Crippen LogP contribution in [-0.2, 0) is 9.59 Å². The van der Waals surface area contributed by atoms with E-state index in [0.717, 1.165) is 25.9 Å². The molecule has 2 saturated heterocycles. The molecule has 3 atom stereocenters. The lowest BCUT2D eigenvalue weighted by molar-refractivity contribution is -0.139. The van der Waals surface area contributed by atoms with Gasteiger partial charge in [0.15, 0.2) is 0 Å². The van der Waals surface area contributed by atoms with Crippen molar-refractivity contribution in [3.63, 3.8) is 0 Å². The van der Waals surface area contributed by atoms with Crippen molar-refractivity contribution < 1.29 is 9.59 Å². The molecule has 0 saturated carbocycles. The molecule has 2 amide bonds. The molecule has 0 aromatic rings. The topological polar surface area (TPSA) is 49.4 Å². The second-order valence-corrected chi connectivity index (χ2v) is 6.08. The Morgan fingerprint density at radius 2 is 2.06 bits per heavy atom. The molecule has 102 valence electrons. The molecular weight excluding hydrogens is 228 g/mol. The van der Waals surface area contributed by atoms with Crippen LogP contribution in [0.3, 0.4) is 0 Å². The van der Waals surface area contributed by atoms with Crippen molar-refractivity contribution in [2.75, 3.05) is 13.1 Å². The molecule has 0 aliphatic carbocycles. The van der Waals surface area contributed by atoms with Crippen LogP contribution < -0.4 is 5.32 Å². The molecule has 3 unspecified atom stereocenters. The molecule has 2 aliphatic rings. The van der Waals surface area contributed by atoms with E-state index in [1.807, 2.05) is 11.8 Å². The highest BCUT2D eigenvalue weighted by atomic mass is 16.2. The van der Waals surface area contributed by atoms with Gasteiger partial charge in [0.1, 0.15) is 0 Å². The molecule has 0 aromatic heterocycles. The van der Waals surface area contributed by atoms with Gasteiger partial charge in [-0.3, -0.25) is 9.59 Å². The predicted octanol–water partition coefficient (Wildman–Crippen LogP) is 1.41. The molecule has 1 N–H and O–H groups in total. The van der Waals surface area contributed by atoms with Crippen LogP contribution in [0, 0.1) is 17.8 Å². The summed E-state index contributed by atoms with van der Waals surface area (Å²) in [6, 6.07) is 0.296. The van der Waals surface area contributed by atoms with Gasteiger partial charge in [0, 0.05) is 31.5 Å². The molecule has 2 heterocycles. The maximum Gasteiger partial charge on any atom is 0.225 e. The van der Waals surface area contributed by atoms with Crippen molar-refractivity contribution in [3.8, 4) is 0 Å². The number of hydrogen-bond donors (Lipinski definition) is 1. The van der Waals surface area contributed by atoms with Crippen molar-refractivity contribution in [2.24, 2.45) is 17.8 Å². The van der Waals surface area contributed by atoms with Crippen molar-refractivity contribution in [1.29, 1.82) is 0 Å². The summed E-state index contributed by atoms with van der Waals surface area (Å²) in [6.07, 6.45) is 2.45. The molecule has 0 radical (unpaired) electrons. The number of nitrogens with one attached hydrogen (secondary N) is 1. The summed E-state index contributed by atoms with van der Waals surface area (Å²) in [7, 11) is 0. The zero-order valence-corrected chi connectivity index (χ0v) is 11.6. The van der Waals surface area contributed by atoms with Gasteiger partial charge in [-0.15, -0.1) is 0 Å². The monoisotopic (exact) mass is 252 g/mol. The predicted molar refractivity (Wildman–Crippen MR) is 69.9 cm³/mol. The van der Waals surface area contributed by atoms with E-state index in [1.54, 1.807) is 0 Å². The zero-order chi connectivity index (χ0) is 13.3. The summed E-state index contributed by atoms with van der Waals surface area (Å²) in [6.45, 7) is 7.81.